The van der Waals surface area contributed by atoms with Crippen molar-refractivity contribution in [1.82, 2.24) is 24.3 Å². The first-order chi connectivity index (χ1) is 15.5. The fraction of sp³-hybridized carbons (Fsp3) is 0.304. The average molecular weight is 449 g/mol. The van der Waals surface area contributed by atoms with Crippen LogP contribution in [0.4, 0.5) is 10.9 Å². The van der Waals surface area contributed by atoms with Crippen LogP contribution in [0.5, 0.6) is 0 Å². The van der Waals surface area contributed by atoms with Crippen molar-refractivity contribution in [1.29, 1.82) is 0 Å². The summed E-state index contributed by atoms with van der Waals surface area (Å²) >= 11 is 1.60. The number of fused-ring (bicyclic) bond motifs is 1. The number of rotatable bonds is 4. The number of aryl methyl sites for hydroxylation is 3. The molecule has 5 rings (SSSR count). The number of morpholine rings is 1. The summed E-state index contributed by atoms with van der Waals surface area (Å²) in [6.45, 7) is 7.44. The number of ether oxygens (including phenoxy) is 1. The van der Waals surface area contributed by atoms with E-state index in [0.717, 1.165) is 27.7 Å². The Kier molecular flexibility index (Phi) is 5.36. The van der Waals surface area contributed by atoms with Crippen LogP contribution >= 0.6 is 11.3 Å². The third-order valence-corrected chi connectivity index (χ3v) is 6.60. The fourth-order valence-corrected chi connectivity index (χ4v) is 4.59. The van der Waals surface area contributed by atoms with E-state index in [-0.39, 0.29) is 12.0 Å². The molecule has 0 radical (unpaired) electrons. The summed E-state index contributed by atoms with van der Waals surface area (Å²) in [5.41, 5.74) is 4.07. The van der Waals surface area contributed by atoms with Gasteiger partial charge < -0.3 is 19.4 Å². The third-order valence-electron chi connectivity index (χ3n) is 5.61. The zero-order valence-electron chi connectivity index (χ0n) is 18.2. The molecule has 0 spiro atoms. The van der Waals surface area contributed by atoms with Gasteiger partial charge in [0.15, 0.2) is 5.13 Å². The van der Waals surface area contributed by atoms with E-state index in [1.807, 2.05) is 61.7 Å². The molecule has 1 fully saturated rings. The van der Waals surface area contributed by atoms with Crippen molar-refractivity contribution < 1.29 is 9.53 Å². The predicted molar refractivity (Wildman–Crippen MR) is 124 cm³/mol. The number of carbonyl (C=O) groups excluding carboxylic acids is 1. The minimum absolute atomic E-state index is 0.0931. The molecule has 0 bridgehead atoms. The number of pyridine rings is 2. The molecule has 8 nitrogen and oxygen atoms in total. The van der Waals surface area contributed by atoms with E-state index in [1.165, 1.54) is 4.88 Å². The molecule has 1 saturated heterocycles. The number of anilines is 2. The molecule has 1 N–H and O–H groups in total. The van der Waals surface area contributed by atoms with Crippen LogP contribution in [0.15, 0.2) is 42.7 Å². The van der Waals surface area contributed by atoms with Crippen LogP contribution in [0.25, 0.3) is 5.65 Å². The number of aromatic nitrogens is 4. The standard InChI is InChI=1S/C23H24N6O2S/c1-14-6-5-9-28-12-18(26-21(14)28)22(30)29-10-11-31-19(13-29)17-7-4-8-20(25-17)27-23-24-15(2)16(3)32-23/h4-9,12,19H,10-11,13H2,1-3H3,(H,24,25,27). The molecule has 9 heteroatoms. The number of amides is 1. The van der Waals surface area contributed by atoms with Crippen LogP contribution in [0.2, 0.25) is 0 Å². The van der Waals surface area contributed by atoms with Gasteiger partial charge in [0.05, 0.1) is 24.5 Å². The largest absolute Gasteiger partial charge is 0.368 e. The second-order valence-electron chi connectivity index (χ2n) is 7.89. The van der Waals surface area contributed by atoms with E-state index in [2.05, 4.69) is 15.3 Å². The van der Waals surface area contributed by atoms with Gasteiger partial charge in [0.2, 0.25) is 0 Å². The molecule has 1 aliphatic heterocycles. The molecule has 5 heterocycles. The topological polar surface area (TPSA) is 84.7 Å². The average Bonchev–Trinajstić information content (AvgIpc) is 3.37. The van der Waals surface area contributed by atoms with Crippen molar-refractivity contribution >= 4 is 33.8 Å². The first-order valence-corrected chi connectivity index (χ1v) is 11.3. The summed E-state index contributed by atoms with van der Waals surface area (Å²) in [4.78, 5) is 29.9. The number of nitrogens with zero attached hydrogens (tertiary/aromatic N) is 5. The van der Waals surface area contributed by atoms with Crippen LogP contribution in [0.1, 0.15) is 38.4 Å². The smallest absolute Gasteiger partial charge is 0.274 e. The molecule has 4 aromatic rings. The molecule has 0 aromatic carbocycles. The van der Waals surface area contributed by atoms with Crippen LogP contribution in [-0.2, 0) is 4.74 Å². The second-order valence-corrected chi connectivity index (χ2v) is 9.10. The first-order valence-electron chi connectivity index (χ1n) is 10.5. The van der Waals surface area contributed by atoms with Crippen LogP contribution in [0, 0.1) is 20.8 Å². The molecule has 0 aliphatic carbocycles. The lowest BCUT2D eigenvalue weighted by molar-refractivity contribution is -0.0248. The lowest BCUT2D eigenvalue weighted by Gasteiger charge is -2.32. The Hall–Kier alpha value is -3.30. The Balaban J connectivity index is 1.33. The van der Waals surface area contributed by atoms with Crippen molar-refractivity contribution in [2.45, 2.75) is 26.9 Å². The monoisotopic (exact) mass is 448 g/mol. The molecular weight excluding hydrogens is 424 g/mol. The second kappa shape index (κ2) is 8.33. The number of hydrogen-bond acceptors (Lipinski definition) is 7. The summed E-state index contributed by atoms with van der Waals surface area (Å²) in [5.74, 6) is 0.614. The maximum absolute atomic E-state index is 13.2. The maximum Gasteiger partial charge on any atom is 0.274 e. The lowest BCUT2D eigenvalue weighted by Crippen LogP contribution is -2.42. The van der Waals surface area contributed by atoms with E-state index >= 15 is 0 Å². The molecule has 32 heavy (non-hydrogen) atoms. The maximum atomic E-state index is 13.2. The summed E-state index contributed by atoms with van der Waals surface area (Å²) < 4.78 is 7.85. The third kappa shape index (κ3) is 3.96. The van der Waals surface area contributed by atoms with Gasteiger partial charge in [-0.1, -0.05) is 12.1 Å². The highest BCUT2D eigenvalue weighted by atomic mass is 32.1. The Morgan fingerprint density at radius 2 is 2.03 bits per heavy atom. The van der Waals surface area contributed by atoms with E-state index in [9.17, 15) is 4.79 Å². The SMILES string of the molecule is Cc1nc(Nc2cccc(C3CN(C(=O)c4cn5cccc(C)c5n4)CCO3)n2)sc1C. The van der Waals surface area contributed by atoms with Crippen LogP contribution in [-0.4, -0.2) is 49.9 Å². The zero-order chi connectivity index (χ0) is 22.2. The summed E-state index contributed by atoms with van der Waals surface area (Å²) in [6.07, 6.45) is 3.39. The number of nitrogens with one attached hydrogen (secondary N) is 1. The molecular formula is C23H24N6O2S. The molecule has 1 aliphatic rings. The highest BCUT2D eigenvalue weighted by molar-refractivity contribution is 7.15. The van der Waals surface area contributed by atoms with E-state index < -0.39 is 0 Å². The quantitative estimate of drug-likeness (QED) is 0.507. The fourth-order valence-electron chi connectivity index (χ4n) is 3.77. The number of carbonyl (C=O) groups is 1. The van der Waals surface area contributed by atoms with Crippen molar-refractivity contribution in [3.63, 3.8) is 0 Å². The summed E-state index contributed by atoms with van der Waals surface area (Å²) in [6, 6.07) is 9.70. The number of thiazole rings is 1. The van der Waals surface area contributed by atoms with Crippen LogP contribution < -0.4 is 5.32 Å². The Labute approximate surface area is 189 Å². The Morgan fingerprint density at radius 1 is 1.16 bits per heavy atom. The van der Waals surface area contributed by atoms with Gasteiger partial charge in [-0.05, 0) is 44.5 Å². The van der Waals surface area contributed by atoms with Gasteiger partial charge in [-0.2, -0.15) is 0 Å². The van der Waals surface area contributed by atoms with Crippen molar-refractivity contribution in [3.05, 3.63) is 70.2 Å². The van der Waals surface area contributed by atoms with E-state index in [4.69, 9.17) is 9.72 Å². The Bertz CT molecular complexity index is 1280. The minimum Gasteiger partial charge on any atom is -0.368 e. The molecule has 1 amide bonds. The van der Waals surface area contributed by atoms with Crippen LogP contribution in [0.3, 0.4) is 0 Å². The molecule has 164 valence electrons. The molecule has 1 unspecified atom stereocenters. The van der Waals surface area contributed by atoms with E-state index in [1.54, 1.807) is 22.4 Å². The number of hydrogen-bond donors (Lipinski definition) is 1. The first kappa shape index (κ1) is 20.6. The van der Waals surface area contributed by atoms with Gasteiger partial charge in [-0.15, -0.1) is 11.3 Å². The van der Waals surface area contributed by atoms with E-state index in [0.29, 0.717) is 31.2 Å². The summed E-state index contributed by atoms with van der Waals surface area (Å²) in [5, 5.41) is 4.09. The summed E-state index contributed by atoms with van der Waals surface area (Å²) in [7, 11) is 0. The van der Waals surface area contributed by atoms with Gasteiger partial charge >= 0.3 is 0 Å². The van der Waals surface area contributed by atoms with Gasteiger partial charge in [0.1, 0.15) is 23.3 Å². The highest BCUT2D eigenvalue weighted by Crippen LogP contribution is 2.27. The predicted octanol–water partition coefficient (Wildman–Crippen LogP) is 4.07. The minimum atomic E-state index is -0.298. The van der Waals surface area contributed by atoms with Gasteiger partial charge in [0, 0.05) is 23.8 Å². The number of imidazole rings is 1. The van der Waals surface area contributed by atoms with Gasteiger partial charge in [0.25, 0.3) is 5.91 Å². The normalized spacial score (nSPS) is 16.5. The molecule has 4 aromatic heterocycles. The lowest BCUT2D eigenvalue weighted by atomic mass is 10.1. The highest BCUT2D eigenvalue weighted by Gasteiger charge is 2.28. The van der Waals surface area contributed by atoms with Crippen molar-refractivity contribution in [2.75, 3.05) is 25.0 Å². The Morgan fingerprint density at radius 3 is 2.81 bits per heavy atom. The molecule has 1 atom stereocenters. The van der Waals surface area contributed by atoms with Gasteiger partial charge in [-0.3, -0.25) is 4.79 Å². The van der Waals surface area contributed by atoms with Crippen molar-refractivity contribution in [3.8, 4) is 0 Å². The zero-order valence-corrected chi connectivity index (χ0v) is 19.0. The molecule has 0 saturated carbocycles. The van der Waals surface area contributed by atoms with Crippen molar-refractivity contribution in [2.24, 2.45) is 0 Å². The van der Waals surface area contributed by atoms with Gasteiger partial charge in [-0.25, -0.2) is 15.0 Å².